The smallest absolute Gasteiger partial charge is 0.268 e. The van der Waals surface area contributed by atoms with E-state index in [2.05, 4.69) is 21.4 Å². The number of anilines is 1. The van der Waals surface area contributed by atoms with Gasteiger partial charge in [-0.3, -0.25) is 19.4 Å². The number of hydrogen-bond acceptors (Lipinski definition) is 5. The number of carbonyl (C=O) groups excluding carboxylic acids is 3. The summed E-state index contributed by atoms with van der Waals surface area (Å²) in [6, 6.07) is 19.1. The highest BCUT2D eigenvalue weighted by Gasteiger charge is 2.60. The Morgan fingerprint density at radius 2 is 1.77 bits per heavy atom. The van der Waals surface area contributed by atoms with Crippen LogP contribution in [0.4, 0.5) is 5.69 Å². The Hall–Kier alpha value is -3.20. The largest absolute Gasteiger partial charge is 0.494 e. The SMILES string of the molecule is CCOc1ccc(N2C(=O)[C@@H]3[C@@H](c4ccccc4Cl)NN(C(=O)c4cccc(Br)c4)[C@@H]3C2=O)cc1. The predicted octanol–water partition coefficient (Wildman–Crippen LogP) is 4.76. The Morgan fingerprint density at radius 1 is 1.03 bits per heavy atom. The fourth-order valence-corrected chi connectivity index (χ4v) is 5.29. The number of benzene rings is 3. The molecule has 0 radical (unpaired) electrons. The number of imide groups is 1. The Balaban J connectivity index is 1.56. The number of halogens is 2. The van der Waals surface area contributed by atoms with Crippen LogP contribution < -0.4 is 15.1 Å². The highest BCUT2D eigenvalue weighted by Crippen LogP contribution is 2.44. The van der Waals surface area contributed by atoms with Crippen LogP contribution in [-0.2, 0) is 9.59 Å². The minimum Gasteiger partial charge on any atom is -0.494 e. The van der Waals surface area contributed by atoms with Crippen LogP contribution in [0, 0.1) is 5.92 Å². The lowest BCUT2D eigenvalue weighted by molar-refractivity contribution is -0.123. The van der Waals surface area contributed by atoms with Crippen LogP contribution in [0.5, 0.6) is 5.75 Å². The van der Waals surface area contributed by atoms with Crippen molar-refractivity contribution in [3.63, 3.8) is 0 Å². The molecule has 3 aromatic rings. The fraction of sp³-hybridized carbons (Fsp3) is 0.192. The average Bonchev–Trinajstić information content (AvgIpc) is 3.36. The normalized spacial score (nSPS) is 21.4. The number of hydrogen-bond donors (Lipinski definition) is 1. The average molecular weight is 555 g/mol. The van der Waals surface area contributed by atoms with Crippen molar-refractivity contribution in [2.45, 2.75) is 19.0 Å². The number of rotatable bonds is 5. The molecule has 3 aromatic carbocycles. The van der Waals surface area contributed by atoms with E-state index in [-0.39, 0.29) is 0 Å². The summed E-state index contributed by atoms with van der Waals surface area (Å²) in [6.07, 6.45) is 0. The standard InChI is InChI=1S/C26H21BrClN3O4/c1-2-35-18-12-10-17(11-13-18)30-25(33)21-22(19-8-3-4-9-20(19)28)29-31(23(21)26(30)34)24(32)15-6-5-7-16(27)14-15/h3-14,21-23,29H,2H2,1H3/t21-,22-,23+/m1/s1. The van der Waals surface area contributed by atoms with E-state index in [9.17, 15) is 14.4 Å². The van der Waals surface area contributed by atoms with Gasteiger partial charge in [0.1, 0.15) is 11.8 Å². The van der Waals surface area contributed by atoms with E-state index in [1.165, 1.54) is 5.01 Å². The molecule has 9 heteroatoms. The number of hydrazine groups is 1. The van der Waals surface area contributed by atoms with Crippen molar-refractivity contribution in [1.29, 1.82) is 0 Å². The first-order chi connectivity index (χ1) is 16.9. The molecule has 0 saturated carbocycles. The van der Waals surface area contributed by atoms with Crippen LogP contribution in [0.25, 0.3) is 0 Å². The van der Waals surface area contributed by atoms with E-state index in [0.717, 1.165) is 9.37 Å². The van der Waals surface area contributed by atoms with Gasteiger partial charge in [-0.1, -0.05) is 51.8 Å². The van der Waals surface area contributed by atoms with Crippen molar-refractivity contribution in [3.05, 3.63) is 93.4 Å². The van der Waals surface area contributed by atoms with E-state index in [0.29, 0.717) is 34.2 Å². The molecular formula is C26H21BrClN3O4. The van der Waals surface area contributed by atoms with Gasteiger partial charge in [0.15, 0.2) is 0 Å². The molecule has 7 nitrogen and oxygen atoms in total. The second kappa shape index (κ2) is 9.45. The van der Waals surface area contributed by atoms with Crippen LogP contribution in [0.15, 0.2) is 77.3 Å². The van der Waals surface area contributed by atoms with Gasteiger partial charge in [-0.05, 0) is 61.0 Å². The predicted molar refractivity (Wildman–Crippen MR) is 135 cm³/mol. The molecule has 2 aliphatic rings. The Labute approximate surface area is 215 Å². The topological polar surface area (TPSA) is 79.0 Å². The van der Waals surface area contributed by atoms with Gasteiger partial charge in [0.25, 0.3) is 11.8 Å². The monoisotopic (exact) mass is 553 g/mol. The number of nitrogens with zero attached hydrogens (tertiary/aromatic N) is 2. The summed E-state index contributed by atoms with van der Waals surface area (Å²) in [7, 11) is 0. The summed E-state index contributed by atoms with van der Waals surface area (Å²) in [5.41, 5.74) is 4.57. The van der Waals surface area contributed by atoms with Crippen molar-refractivity contribution in [2.24, 2.45) is 5.92 Å². The maximum Gasteiger partial charge on any atom is 0.268 e. The Kier molecular flexibility index (Phi) is 6.35. The van der Waals surface area contributed by atoms with Gasteiger partial charge < -0.3 is 4.74 Å². The summed E-state index contributed by atoms with van der Waals surface area (Å²) in [5, 5.41) is 1.72. The molecule has 0 bridgehead atoms. The van der Waals surface area contributed by atoms with Crippen molar-refractivity contribution in [1.82, 2.24) is 10.4 Å². The minimum atomic E-state index is -1.03. The molecule has 2 heterocycles. The Morgan fingerprint density at radius 3 is 2.46 bits per heavy atom. The molecule has 35 heavy (non-hydrogen) atoms. The zero-order valence-corrected chi connectivity index (χ0v) is 21.0. The van der Waals surface area contributed by atoms with Gasteiger partial charge in [-0.15, -0.1) is 0 Å². The van der Waals surface area contributed by atoms with Crippen LogP contribution in [0.1, 0.15) is 28.9 Å². The molecule has 0 unspecified atom stereocenters. The lowest BCUT2D eigenvalue weighted by atomic mass is 9.91. The zero-order valence-electron chi connectivity index (χ0n) is 18.7. The molecule has 2 fully saturated rings. The van der Waals surface area contributed by atoms with E-state index in [4.69, 9.17) is 16.3 Å². The second-order valence-corrected chi connectivity index (χ2v) is 9.55. The van der Waals surface area contributed by atoms with Crippen LogP contribution in [-0.4, -0.2) is 35.4 Å². The van der Waals surface area contributed by atoms with Gasteiger partial charge in [0.05, 0.1) is 24.3 Å². The fourth-order valence-electron chi connectivity index (χ4n) is 4.63. The van der Waals surface area contributed by atoms with Crippen molar-refractivity contribution in [2.75, 3.05) is 11.5 Å². The summed E-state index contributed by atoms with van der Waals surface area (Å²) >= 11 is 9.85. The van der Waals surface area contributed by atoms with E-state index >= 15 is 0 Å². The van der Waals surface area contributed by atoms with Gasteiger partial charge >= 0.3 is 0 Å². The molecule has 178 valence electrons. The highest BCUT2D eigenvalue weighted by atomic mass is 79.9. The maximum atomic E-state index is 13.7. The highest BCUT2D eigenvalue weighted by molar-refractivity contribution is 9.10. The summed E-state index contributed by atoms with van der Waals surface area (Å²) in [5.74, 6) is -1.49. The van der Waals surface area contributed by atoms with Crippen LogP contribution in [0.2, 0.25) is 5.02 Å². The van der Waals surface area contributed by atoms with Crippen molar-refractivity contribution < 1.29 is 19.1 Å². The molecular weight excluding hydrogens is 534 g/mol. The quantitative estimate of drug-likeness (QED) is 0.460. The summed E-state index contributed by atoms with van der Waals surface area (Å²) < 4.78 is 6.21. The molecule has 0 aromatic heterocycles. The van der Waals surface area contributed by atoms with Crippen molar-refractivity contribution >= 4 is 50.9 Å². The number of carbonyl (C=O) groups is 3. The Bertz CT molecular complexity index is 1320. The van der Waals surface area contributed by atoms with Gasteiger partial charge in [0.2, 0.25) is 5.91 Å². The van der Waals surface area contributed by atoms with Gasteiger partial charge in [0, 0.05) is 15.1 Å². The van der Waals surface area contributed by atoms with E-state index in [1.54, 1.807) is 66.7 Å². The zero-order chi connectivity index (χ0) is 24.7. The van der Waals surface area contributed by atoms with Crippen molar-refractivity contribution in [3.8, 4) is 5.75 Å². The lowest BCUT2D eigenvalue weighted by Crippen LogP contribution is -2.48. The molecule has 0 aliphatic carbocycles. The third-order valence-corrected chi connectivity index (χ3v) is 7.01. The number of amides is 3. The van der Waals surface area contributed by atoms with Gasteiger partial charge in [-0.25, -0.2) is 10.3 Å². The molecule has 0 spiro atoms. The first-order valence-electron chi connectivity index (χ1n) is 11.1. The first kappa shape index (κ1) is 23.5. The summed E-state index contributed by atoms with van der Waals surface area (Å²) in [6.45, 7) is 2.38. The van der Waals surface area contributed by atoms with Crippen LogP contribution in [0.3, 0.4) is 0 Å². The first-order valence-corrected chi connectivity index (χ1v) is 12.3. The molecule has 2 aliphatic heterocycles. The summed E-state index contributed by atoms with van der Waals surface area (Å²) in [4.78, 5) is 42.1. The van der Waals surface area contributed by atoms with Crippen LogP contribution >= 0.6 is 27.5 Å². The van der Waals surface area contributed by atoms with E-state index in [1.807, 2.05) is 13.0 Å². The molecule has 3 atom stereocenters. The number of ether oxygens (including phenoxy) is 1. The minimum absolute atomic E-state index is 0.380. The maximum absolute atomic E-state index is 13.7. The van der Waals surface area contributed by atoms with Gasteiger partial charge in [-0.2, -0.15) is 0 Å². The lowest BCUT2D eigenvalue weighted by Gasteiger charge is -2.25. The number of fused-ring (bicyclic) bond motifs is 1. The molecule has 3 amide bonds. The molecule has 1 N–H and O–H groups in total. The molecule has 2 saturated heterocycles. The molecule has 5 rings (SSSR count). The third kappa shape index (κ3) is 4.11. The second-order valence-electron chi connectivity index (χ2n) is 8.22. The number of nitrogens with one attached hydrogen (secondary N) is 1. The van der Waals surface area contributed by atoms with E-state index < -0.39 is 35.7 Å². The third-order valence-electron chi connectivity index (χ3n) is 6.17.